The largest absolute Gasteiger partial charge is 0.376 e. The van der Waals surface area contributed by atoms with Crippen LogP contribution in [-0.4, -0.2) is 33.9 Å². The van der Waals surface area contributed by atoms with Gasteiger partial charge in [-0.05, 0) is 54.4 Å². The molecule has 0 fully saturated rings. The SMILES string of the molecule is CCNC(=O)CNc1ccc(Nc2nc(Cl)nc(Cl)n2)cc1. The first-order valence-corrected chi connectivity index (χ1v) is 7.27. The molecule has 9 heteroatoms. The van der Waals surface area contributed by atoms with Crippen molar-refractivity contribution in [1.82, 2.24) is 20.3 Å². The number of halogens is 2. The van der Waals surface area contributed by atoms with Crippen LogP contribution in [0.2, 0.25) is 10.6 Å². The molecule has 0 atom stereocenters. The van der Waals surface area contributed by atoms with Gasteiger partial charge in [0.2, 0.25) is 22.4 Å². The van der Waals surface area contributed by atoms with E-state index in [0.29, 0.717) is 6.54 Å². The molecule has 116 valence electrons. The number of anilines is 3. The Bertz CT molecular complexity index is 629. The van der Waals surface area contributed by atoms with E-state index in [9.17, 15) is 4.79 Å². The average molecular weight is 341 g/mol. The van der Waals surface area contributed by atoms with E-state index in [-0.39, 0.29) is 29.0 Å². The second-order valence-electron chi connectivity index (χ2n) is 4.21. The number of amides is 1. The molecule has 0 spiro atoms. The molecule has 0 aliphatic heterocycles. The highest BCUT2D eigenvalue weighted by molar-refractivity contribution is 6.31. The summed E-state index contributed by atoms with van der Waals surface area (Å²) in [5.41, 5.74) is 1.57. The number of rotatable bonds is 6. The molecule has 7 nitrogen and oxygen atoms in total. The van der Waals surface area contributed by atoms with Crippen LogP contribution in [0.3, 0.4) is 0 Å². The van der Waals surface area contributed by atoms with Gasteiger partial charge in [0.1, 0.15) is 0 Å². The molecule has 3 N–H and O–H groups in total. The van der Waals surface area contributed by atoms with Crippen molar-refractivity contribution in [2.75, 3.05) is 23.7 Å². The van der Waals surface area contributed by atoms with E-state index in [1.54, 1.807) is 0 Å². The Labute approximate surface area is 137 Å². The lowest BCUT2D eigenvalue weighted by molar-refractivity contribution is -0.119. The fraction of sp³-hybridized carbons (Fsp3) is 0.231. The summed E-state index contributed by atoms with van der Waals surface area (Å²) in [5.74, 6) is 0.201. The summed E-state index contributed by atoms with van der Waals surface area (Å²) in [7, 11) is 0. The number of carbonyl (C=O) groups excluding carboxylic acids is 1. The molecule has 0 saturated carbocycles. The lowest BCUT2D eigenvalue weighted by atomic mass is 10.3. The Morgan fingerprint density at radius 1 is 1.05 bits per heavy atom. The molecule has 1 amide bonds. The van der Waals surface area contributed by atoms with Crippen LogP contribution in [0.15, 0.2) is 24.3 Å². The third-order valence-electron chi connectivity index (χ3n) is 2.55. The summed E-state index contributed by atoms with van der Waals surface area (Å²) in [4.78, 5) is 22.8. The maximum absolute atomic E-state index is 11.4. The van der Waals surface area contributed by atoms with Crippen LogP contribution in [0.5, 0.6) is 0 Å². The minimum atomic E-state index is -0.0563. The molecule has 0 aliphatic rings. The number of nitrogens with zero attached hydrogens (tertiary/aromatic N) is 3. The van der Waals surface area contributed by atoms with Gasteiger partial charge in [0.25, 0.3) is 0 Å². The highest BCUT2D eigenvalue weighted by atomic mass is 35.5. The Hall–Kier alpha value is -2.12. The number of hydrogen-bond acceptors (Lipinski definition) is 6. The van der Waals surface area contributed by atoms with Gasteiger partial charge in [-0.25, -0.2) is 0 Å². The first-order valence-electron chi connectivity index (χ1n) is 6.51. The average Bonchev–Trinajstić information content (AvgIpc) is 2.46. The van der Waals surface area contributed by atoms with Gasteiger partial charge in [-0.1, -0.05) is 0 Å². The van der Waals surface area contributed by atoms with Gasteiger partial charge in [-0.2, -0.15) is 15.0 Å². The zero-order valence-electron chi connectivity index (χ0n) is 11.7. The third-order valence-corrected chi connectivity index (χ3v) is 2.89. The van der Waals surface area contributed by atoms with Crippen molar-refractivity contribution in [2.24, 2.45) is 0 Å². The molecule has 1 aromatic heterocycles. The molecule has 2 rings (SSSR count). The van der Waals surface area contributed by atoms with Gasteiger partial charge >= 0.3 is 0 Å². The second-order valence-corrected chi connectivity index (χ2v) is 4.88. The Morgan fingerprint density at radius 2 is 1.64 bits per heavy atom. The Balaban J connectivity index is 1.95. The summed E-state index contributed by atoms with van der Waals surface area (Å²) in [6.45, 7) is 2.71. The normalized spacial score (nSPS) is 10.1. The number of carbonyl (C=O) groups is 1. The molecule has 0 unspecified atom stereocenters. The minimum Gasteiger partial charge on any atom is -0.376 e. The van der Waals surface area contributed by atoms with Crippen LogP contribution in [0, 0.1) is 0 Å². The highest BCUT2D eigenvalue weighted by Gasteiger charge is 2.04. The Morgan fingerprint density at radius 3 is 2.23 bits per heavy atom. The van der Waals surface area contributed by atoms with Crippen LogP contribution in [0.4, 0.5) is 17.3 Å². The van der Waals surface area contributed by atoms with Crippen molar-refractivity contribution >= 4 is 46.4 Å². The predicted octanol–water partition coefficient (Wildman–Crippen LogP) is 2.47. The fourth-order valence-electron chi connectivity index (χ4n) is 1.62. The molecule has 1 aromatic carbocycles. The number of nitrogens with one attached hydrogen (secondary N) is 3. The second kappa shape index (κ2) is 7.77. The van der Waals surface area contributed by atoms with E-state index in [1.165, 1.54) is 0 Å². The molecule has 0 bridgehead atoms. The van der Waals surface area contributed by atoms with Gasteiger partial charge < -0.3 is 16.0 Å². The molecule has 0 radical (unpaired) electrons. The zero-order chi connectivity index (χ0) is 15.9. The smallest absolute Gasteiger partial charge is 0.239 e. The third kappa shape index (κ3) is 5.01. The van der Waals surface area contributed by atoms with E-state index in [1.807, 2.05) is 31.2 Å². The highest BCUT2D eigenvalue weighted by Crippen LogP contribution is 2.18. The monoisotopic (exact) mass is 340 g/mol. The van der Waals surface area contributed by atoms with E-state index in [0.717, 1.165) is 11.4 Å². The van der Waals surface area contributed by atoms with Crippen molar-refractivity contribution in [3.8, 4) is 0 Å². The van der Waals surface area contributed by atoms with Crippen molar-refractivity contribution in [1.29, 1.82) is 0 Å². The van der Waals surface area contributed by atoms with Crippen LogP contribution >= 0.6 is 23.2 Å². The van der Waals surface area contributed by atoms with Crippen molar-refractivity contribution in [3.63, 3.8) is 0 Å². The lowest BCUT2D eigenvalue weighted by Crippen LogP contribution is -2.29. The topological polar surface area (TPSA) is 91.8 Å². The van der Waals surface area contributed by atoms with Gasteiger partial charge in [0.05, 0.1) is 6.54 Å². The van der Waals surface area contributed by atoms with Crippen LogP contribution in [0.1, 0.15) is 6.92 Å². The number of hydrogen-bond donors (Lipinski definition) is 3. The van der Waals surface area contributed by atoms with Gasteiger partial charge in [0, 0.05) is 17.9 Å². The summed E-state index contributed by atoms with van der Waals surface area (Å²) >= 11 is 11.4. The number of benzene rings is 1. The molecule has 1 heterocycles. The van der Waals surface area contributed by atoms with Gasteiger partial charge in [-0.15, -0.1) is 0 Å². The molecule has 0 saturated heterocycles. The minimum absolute atomic E-state index is 0.0164. The van der Waals surface area contributed by atoms with Gasteiger partial charge in [0.15, 0.2) is 0 Å². The van der Waals surface area contributed by atoms with Crippen molar-refractivity contribution < 1.29 is 4.79 Å². The van der Waals surface area contributed by atoms with E-state index in [4.69, 9.17) is 23.2 Å². The summed E-state index contributed by atoms with van der Waals surface area (Å²) in [6, 6.07) is 7.27. The zero-order valence-corrected chi connectivity index (χ0v) is 13.2. The summed E-state index contributed by atoms with van der Waals surface area (Å²) < 4.78 is 0. The first kappa shape index (κ1) is 16.3. The molecule has 22 heavy (non-hydrogen) atoms. The summed E-state index contributed by atoms with van der Waals surface area (Å²) in [5, 5.41) is 8.72. The van der Waals surface area contributed by atoms with Crippen LogP contribution in [0.25, 0.3) is 0 Å². The van der Waals surface area contributed by atoms with Gasteiger partial charge in [-0.3, -0.25) is 4.79 Å². The number of aromatic nitrogens is 3. The standard InChI is InChI=1S/C13H14Cl2N6O/c1-2-16-10(22)7-17-8-3-5-9(6-4-8)18-13-20-11(14)19-12(15)21-13/h3-6,17H,2,7H2,1H3,(H,16,22)(H,18,19,20,21). The predicted molar refractivity (Wildman–Crippen MR) is 86.7 cm³/mol. The van der Waals surface area contributed by atoms with Crippen LogP contribution in [-0.2, 0) is 4.79 Å². The lowest BCUT2D eigenvalue weighted by Gasteiger charge is -2.08. The molecule has 0 aliphatic carbocycles. The van der Waals surface area contributed by atoms with Crippen LogP contribution < -0.4 is 16.0 Å². The van der Waals surface area contributed by atoms with E-state index < -0.39 is 0 Å². The number of likely N-dealkylation sites (N-methyl/N-ethyl adjacent to an activating group) is 1. The Kier molecular flexibility index (Phi) is 5.74. The first-order chi connectivity index (χ1) is 10.6. The van der Waals surface area contributed by atoms with E-state index in [2.05, 4.69) is 30.9 Å². The van der Waals surface area contributed by atoms with Crippen molar-refractivity contribution in [2.45, 2.75) is 6.92 Å². The maximum Gasteiger partial charge on any atom is 0.239 e. The quantitative estimate of drug-likeness (QED) is 0.748. The summed E-state index contributed by atoms with van der Waals surface area (Å²) in [6.07, 6.45) is 0. The fourth-order valence-corrected chi connectivity index (χ4v) is 1.99. The van der Waals surface area contributed by atoms with Crippen molar-refractivity contribution in [3.05, 3.63) is 34.8 Å². The molecular formula is C13H14Cl2N6O. The van der Waals surface area contributed by atoms with E-state index >= 15 is 0 Å². The maximum atomic E-state index is 11.4. The molecule has 2 aromatic rings. The molecular weight excluding hydrogens is 327 g/mol.